The lowest BCUT2D eigenvalue weighted by Gasteiger charge is -2.13. The number of hydrogen-bond acceptors (Lipinski definition) is 2. The topological polar surface area (TPSA) is 30.7 Å². The first-order valence-electron chi connectivity index (χ1n) is 6.95. The van der Waals surface area contributed by atoms with Crippen LogP contribution in [0.4, 0.5) is 0 Å². The van der Waals surface area contributed by atoms with E-state index in [1.807, 2.05) is 10.9 Å². The molecule has 0 atom stereocenters. The minimum absolute atomic E-state index is 1.07. The molecule has 0 aliphatic rings. The number of aromatic nitrogens is 3. The quantitative estimate of drug-likeness (QED) is 0.428. The fraction of sp³-hybridized carbons (Fsp3) is 0. The lowest BCUT2D eigenvalue weighted by Crippen LogP contribution is -1.97. The molecule has 0 amide bonds. The van der Waals surface area contributed by atoms with Gasteiger partial charge in [0.15, 0.2) is 0 Å². The minimum Gasteiger partial charge on any atom is -0.220 e. The van der Waals surface area contributed by atoms with Crippen LogP contribution in [0.15, 0.2) is 67.0 Å². The molecule has 3 heteroatoms. The molecule has 0 aliphatic carbocycles. The maximum atomic E-state index is 4.14. The molecule has 0 radical (unpaired) electrons. The van der Waals surface area contributed by atoms with E-state index >= 15 is 0 Å². The zero-order valence-corrected chi connectivity index (χ0v) is 11.2. The van der Waals surface area contributed by atoms with Gasteiger partial charge in [-0.25, -0.2) is 4.68 Å². The summed E-state index contributed by atoms with van der Waals surface area (Å²) in [7, 11) is 0. The summed E-state index contributed by atoms with van der Waals surface area (Å²) >= 11 is 0. The van der Waals surface area contributed by atoms with Gasteiger partial charge in [0, 0.05) is 5.39 Å². The molecule has 0 saturated carbocycles. The monoisotopic (exact) mass is 269 g/mol. The van der Waals surface area contributed by atoms with Crippen LogP contribution in [0, 0.1) is 0 Å². The van der Waals surface area contributed by atoms with Crippen molar-refractivity contribution in [2.75, 3.05) is 0 Å². The molecule has 1 aromatic heterocycles. The molecule has 4 aromatic carbocycles. The van der Waals surface area contributed by atoms with Crippen molar-refractivity contribution in [2.24, 2.45) is 0 Å². The van der Waals surface area contributed by atoms with Gasteiger partial charge in [0.25, 0.3) is 0 Å². The van der Waals surface area contributed by atoms with Crippen LogP contribution in [-0.2, 0) is 0 Å². The van der Waals surface area contributed by atoms with E-state index in [0.29, 0.717) is 0 Å². The van der Waals surface area contributed by atoms with Gasteiger partial charge in [-0.15, -0.1) is 5.10 Å². The average molecular weight is 269 g/mol. The smallest absolute Gasteiger partial charge is 0.0742 e. The van der Waals surface area contributed by atoms with Crippen LogP contribution in [0.3, 0.4) is 0 Å². The number of benzene rings is 4. The van der Waals surface area contributed by atoms with Crippen molar-refractivity contribution in [1.29, 1.82) is 0 Å². The van der Waals surface area contributed by atoms with Crippen LogP contribution >= 0.6 is 0 Å². The molecular weight excluding hydrogens is 258 g/mol. The van der Waals surface area contributed by atoms with Crippen LogP contribution in [-0.4, -0.2) is 15.0 Å². The van der Waals surface area contributed by atoms with Gasteiger partial charge in [-0.2, -0.15) is 0 Å². The molecular formula is C18H11N3. The van der Waals surface area contributed by atoms with E-state index in [2.05, 4.69) is 64.9 Å². The normalized spacial score (nSPS) is 11.8. The zero-order chi connectivity index (χ0) is 13.8. The third-order valence-electron chi connectivity index (χ3n) is 4.18. The molecule has 21 heavy (non-hydrogen) atoms. The number of hydrogen-bond donors (Lipinski definition) is 0. The van der Waals surface area contributed by atoms with Gasteiger partial charge in [0.2, 0.25) is 0 Å². The van der Waals surface area contributed by atoms with Crippen molar-refractivity contribution in [3.63, 3.8) is 0 Å². The SMILES string of the molecule is c1cc2ccc3ccc(-n4ccnn4)c4ccc(c1)c2c34. The predicted molar refractivity (Wildman–Crippen MR) is 85.1 cm³/mol. The van der Waals surface area contributed by atoms with Gasteiger partial charge in [0.05, 0.1) is 18.1 Å². The molecule has 5 aromatic rings. The van der Waals surface area contributed by atoms with Gasteiger partial charge in [-0.05, 0) is 33.0 Å². The summed E-state index contributed by atoms with van der Waals surface area (Å²) < 4.78 is 1.83. The highest BCUT2D eigenvalue weighted by molar-refractivity contribution is 6.24. The molecule has 0 fully saturated rings. The Kier molecular flexibility index (Phi) is 1.95. The van der Waals surface area contributed by atoms with Gasteiger partial charge in [0.1, 0.15) is 0 Å². The molecule has 0 unspecified atom stereocenters. The Balaban J connectivity index is 2.07. The lowest BCUT2D eigenvalue weighted by molar-refractivity contribution is 0.808. The summed E-state index contributed by atoms with van der Waals surface area (Å²) in [4.78, 5) is 0. The maximum absolute atomic E-state index is 4.14. The van der Waals surface area contributed by atoms with E-state index in [9.17, 15) is 0 Å². The summed E-state index contributed by atoms with van der Waals surface area (Å²) in [6.45, 7) is 0. The van der Waals surface area contributed by atoms with E-state index in [1.165, 1.54) is 32.3 Å². The van der Waals surface area contributed by atoms with Crippen molar-refractivity contribution in [1.82, 2.24) is 15.0 Å². The molecule has 1 heterocycles. The average Bonchev–Trinajstić information content (AvgIpc) is 3.07. The fourth-order valence-corrected chi connectivity index (χ4v) is 3.26. The van der Waals surface area contributed by atoms with E-state index in [1.54, 1.807) is 6.20 Å². The first kappa shape index (κ1) is 10.8. The zero-order valence-electron chi connectivity index (χ0n) is 11.2. The van der Waals surface area contributed by atoms with Gasteiger partial charge in [-0.1, -0.05) is 53.7 Å². The molecule has 0 bridgehead atoms. The Morgan fingerprint density at radius 3 is 2.19 bits per heavy atom. The van der Waals surface area contributed by atoms with Gasteiger partial charge in [-0.3, -0.25) is 0 Å². The first-order valence-corrected chi connectivity index (χ1v) is 6.95. The summed E-state index contributed by atoms with van der Waals surface area (Å²) in [6.07, 6.45) is 3.59. The Morgan fingerprint density at radius 2 is 1.43 bits per heavy atom. The second-order valence-corrected chi connectivity index (χ2v) is 5.29. The highest BCUT2D eigenvalue weighted by Gasteiger charge is 2.11. The van der Waals surface area contributed by atoms with Gasteiger partial charge >= 0.3 is 0 Å². The fourth-order valence-electron chi connectivity index (χ4n) is 3.26. The van der Waals surface area contributed by atoms with E-state index in [-0.39, 0.29) is 0 Å². The molecule has 0 saturated heterocycles. The lowest BCUT2D eigenvalue weighted by atomic mass is 9.93. The predicted octanol–water partition coefficient (Wildman–Crippen LogP) is 4.16. The Hall–Kier alpha value is -2.94. The number of rotatable bonds is 1. The third kappa shape index (κ3) is 1.37. The molecule has 0 aliphatic heterocycles. The van der Waals surface area contributed by atoms with Crippen LogP contribution < -0.4 is 0 Å². The number of nitrogens with zero attached hydrogens (tertiary/aromatic N) is 3. The Bertz CT molecular complexity index is 1060. The van der Waals surface area contributed by atoms with Crippen molar-refractivity contribution >= 4 is 32.3 Å². The first-order chi connectivity index (χ1) is 10.4. The molecule has 5 rings (SSSR count). The summed E-state index contributed by atoms with van der Waals surface area (Å²) in [6, 6.07) is 19.5. The second kappa shape index (κ2) is 3.79. The molecule has 0 spiro atoms. The standard InChI is InChI=1S/C18H11N3/c1-2-12-4-5-14-7-9-16(21-11-10-19-20-21)15-8-6-13(3-1)17(12)18(14)15/h1-11H. The van der Waals surface area contributed by atoms with Crippen LogP contribution in [0.2, 0.25) is 0 Å². The van der Waals surface area contributed by atoms with Crippen LogP contribution in [0.5, 0.6) is 0 Å². The van der Waals surface area contributed by atoms with Crippen molar-refractivity contribution in [3.8, 4) is 5.69 Å². The van der Waals surface area contributed by atoms with E-state index in [0.717, 1.165) is 5.69 Å². The highest BCUT2D eigenvalue weighted by atomic mass is 15.4. The summed E-state index contributed by atoms with van der Waals surface area (Å²) in [5, 5.41) is 15.7. The van der Waals surface area contributed by atoms with Crippen molar-refractivity contribution in [3.05, 3.63) is 67.0 Å². The van der Waals surface area contributed by atoms with Crippen LogP contribution in [0.1, 0.15) is 0 Å². The largest absolute Gasteiger partial charge is 0.220 e. The van der Waals surface area contributed by atoms with Gasteiger partial charge < -0.3 is 0 Å². The van der Waals surface area contributed by atoms with E-state index < -0.39 is 0 Å². The minimum atomic E-state index is 1.07. The molecule has 98 valence electrons. The maximum Gasteiger partial charge on any atom is 0.0742 e. The Morgan fingerprint density at radius 1 is 0.714 bits per heavy atom. The summed E-state index contributed by atoms with van der Waals surface area (Å²) in [5.74, 6) is 0. The third-order valence-corrected chi connectivity index (χ3v) is 4.18. The molecule has 0 N–H and O–H groups in total. The Labute approximate surface area is 120 Å². The van der Waals surface area contributed by atoms with Crippen LogP contribution in [0.25, 0.3) is 38.0 Å². The summed E-state index contributed by atoms with van der Waals surface area (Å²) in [5.41, 5.74) is 1.07. The second-order valence-electron chi connectivity index (χ2n) is 5.29. The van der Waals surface area contributed by atoms with E-state index in [4.69, 9.17) is 0 Å². The molecule has 3 nitrogen and oxygen atoms in total. The highest BCUT2D eigenvalue weighted by Crippen LogP contribution is 2.36. The van der Waals surface area contributed by atoms with Crippen molar-refractivity contribution < 1.29 is 0 Å². The van der Waals surface area contributed by atoms with Crippen molar-refractivity contribution in [2.45, 2.75) is 0 Å².